The van der Waals surface area contributed by atoms with Crippen molar-refractivity contribution in [3.05, 3.63) is 0 Å². The average molecular weight is 420 g/mol. The van der Waals surface area contributed by atoms with Crippen molar-refractivity contribution in [3.8, 4) is 0 Å². The predicted octanol–water partition coefficient (Wildman–Crippen LogP) is 8.67. The third kappa shape index (κ3) is 7.53. The Balaban J connectivity index is 2.01. The van der Waals surface area contributed by atoms with E-state index in [9.17, 15) is 0 Å². The lowest BCUT2D eigenvalue weighted by Gasteiger charge is -2.43. The normalized spacial score (nSPS) is 31.3. The molecule has 0 bridgehead atoms. The first-order valence-corrected chi connectivity index (χ1v) is 13.9. The van der Waals surface area contributed by atoms with E-state index in [4.69, 9.17) is 0 Å². The molecule has 0 heterocycles. The number of rotatable bonds is 11. The SMILES string of the molecule is CCC(C)CCC(C(C)C(C)CN(C)C1CC(C)CCC1C)C(C)C1CCCCC1. The minimum absolute atomic E-state index is 0.799. The van der Waals surface area contributed by atoms with Gasteiger partial charge in [-0.25, -0.2) is 0 Å². The second kappa shape index (κ2) is 12.9. The molecule has 0 spiro atoms. The van der Waals surface area contributed by atoms with Crippen LogP contribution in [0.15, 0.2) is 0 Å². The topological polar surface area (TPSA) is 3.24 Å². The van der Waals surface area contributed by atoms with Gasteiger partial charge in [0.25, 0.3) is 0 Å². The van der Waals surface area contributed by atoms with Gasteiger partial charge in [0.15, 0.2) is 0 Å². The number of hydrogen-bond acceptors (Lipinski definition) is 1. The summed E-state index contributed by atoms with van der Waals surface area (Å²) in [4.78, 5) is 2.76. The quantitative estimate of drug-likeness (QED) is 0.324. The van der Waals surface area contributed by atoms with Crippen LogP contribution in [0.4, 0.5) is 0 Å². The van der Waals surface area contributed by atoms with Gasteiger partial charge in [-0.2, -0.15) is 0 Å². The van der Waals surface area contributed by atoms with Crippen LogP contribution in [-0.2, 0) is 0 Å². The highest BCUT2D eigenvalue weighted by molar-refractivity contribution is 4.86. The summed E-state index contributed by atoms with van der Waals surface area (Å²) in [5.74, 6) is 7.12. The summed E-state index contributed by atoms with van der Waals surface area (Å²) >= 11 is 0. The van der Waals surface area contributed by atoms with Crippen LogP contribution >= 0.6 is 0 Å². The lowest BCUT2D eigenvalue weighted by Crippen LogP contribution is -2.44. The molecule has 0 aromatic rings. The Bertz CT molecular complexity index is 453. The van der Waals surface area contributed by atoms with Crippen molar-refractivity contribution in [3.63, 3.8) is 0 Å². The molecule has 178 valence electrons. The third-order valence-electron chi connectivity index (χ3n) is 9.89. The minimum atomic E-state index is 0.799. The second-order valence-electron chi connectivity index (χ2n) is 12.3. The lowest BCUT2D eigenvalue weighted by atomic mass is 9.67. The lowest BCUT2D eigenvalue weighted by molar-refractivity contribution is 0.0633. The van der Waals surface area contributed by atoms with E-state index in [0.29, 0.717) is 0 Å². The molecule has 0 aliphatic heterocycles. The van der Waals surface area contributed by atoms with Gasteiger partial charge in [0, 0.05) is 12.6 Å². The Morgan fingerprint density at radius 3 is 2.17 bits per heavy atom. The highest BCUT2D eigenvalue weighted by Crippen LogP contribution is 2.41. The van der Waals surface area contributed by atoms with Gasteiger partial charge < -0.3 is 4.90 Å². The zero-order valence-corrected chi connectivity index (χ0v) is 22.1. The van der Waals surface area contributed by atoms with Crippen LogP contribution in [0.3, 0.4) is 0 Å². The number of hydrogen-bond donors (Lipinski definition) is 0. The molecule has 2 aliphatic rings. The summed E-state index contributed by atoms with van der Waals surface area (Å²) < 4.78 is 0. The molecule has 1 nitrogen and oxygen atoms in total. The van der Waals surface area contributed by atoms with Gasteiger partial charge in [-0.1, -0.05) is 99.8 Å². The van der Waals surface area contributed by atoms with Crippen LogP contribution in [0.1, 0.15) is 119 Å². The Labute approximate surface area is 191 Å². The standard InChI is InChI=1S/C29H57N/c1-9-21(2)16-18-28(26(7)27-13-11-10-12-14-27)25(6)24(5)20-30(8)29-19-22(3)15-17-23(29)4/h21-29H,9-20H2,1-8H3. The van der Waals surface area contributed by atoms with Crippen LogP contribution in [0.2, 0.25) is 0 Å². The van der Waals surface area contributed by atoms with Crippen LogP contribution in [0.25, 0.3) is 0 Å². The van der Waals surface area contributed by atoms with Gasteiger partial charge in [0.1, 0.15) is 0 Å². The Hall–Kier alpha value is -0.0400. The van der Waals surface area contributed by atoms with Crippen molar-refractivity contribution < 1.29 is 0 Å². The molecular weight excluding hydrogens is 362 g/mol. The van der Waals surface area contributed by atoms with E-state index >= 15 is 0 Å². The molecule has 2 saturated carbocycles. The highest BCUT2D eigenvalue weighted by Gasteiger charge is 2.35. The molecule has 2 aliphatic carbocycles. The van der Waals surface area contributed by atoms with E-state index in [0.717, 1.165) is 53.4 Å². The third-order valence-corrected chi connectivity index (χ3v) is 9.89. The molecule has 1 heteroatoms. The maximum absolute atomic E-state index is 2.76. The fraction of sp³-hybridized carbons (Fsp3) is 1.00. The smallest absolute Gasteiger partial charge is 0.0120 e. The first kappa shape index (κ1) is 26.2. The average Bonchev–Trinajstić information content (AvgIpc) is 2.75. The Morgan fingerprint density at radius 2 is 1.53 bits per heavy atom. The van der Waals surface area contributed by atoms with Crippen LogP contribution in [-0.4, -0.2) is 24.5 Å². The maximum Gasteiger partial charge on any atom is 0.0120 e. The molecule has 2 rings (SSSR count). The van der Waals surface area contributed by atoms with Crippen LogP contribution < -0.4 is 0 Å². The molecule has 0 N–H and O–H groups in total. The minimum Gasteiger partial charge on any atom is -0.303 e. The van der Waals surface area contributed by atoms with Gasteiger partial charge in [-0.05, 0) is 73.7 Å². The molecule has 2 fully saturated rings. The van der Waals surface area contributed by atoms with Gasteiger partial charge in [-0.3, -0.25) is 0 Å². The highest BCUT2D eigenvalue weighted by atomic mass is 15.1. The van der Waals surface area contributed by atoms with E-state index in [2.05, 4.69) is 60.4 Å². The maximum atomic E-state index is 2.76. The summed E-state index contributed by atoms with van der Waals surface area (Å²) in [5.41, 5.74) is 0. The van der Waals surface area contributed by atoms with E-state index < -0.39 is 0 Å². The Kier molecular flexibility index (Phi) is 11.2. The van der Waals surface area contributed by atoms with E-state index in [-0.39, 0.29) is 0 Å². The van der Waals surface area contributed by atoms with Gasteiger partial charge >= 0.3 is 0 Å². The zero-order valence-electron chi connectivity index (χ0n) is 22.1. The summed E-state index contributed by atoms with van der Waals surface area (Å²) in [6, 6.07) is 0.803. The van der Waals surface area contributed by atoms with Gasteiger partial charge in [0.05, 0.1) is 0 Å². The molecule has 0 amide bonds. The van der Waals surface area contributed by atoms with Gasteiger partial charge in [0.2, 0.25) is 0 Å². The van der Waals surface area contributed by atoms with Gasteiger partial charge in [-0.15, -0.1) is 0 Å². The molecular formula is C29H57N. The predicted molar refractivity (Wildman–Crippen MR) is 135 cm³/mol. The van der Waals surface area contributed by atoms with Crippen molar-refractivity contribution in [1.82, 2.24) is 4.90 Å². The van der Waals surface area contributed by atoms with E-state index in [1.54, 1.807) is 0 Å². The number of nitrogens with zero attached hydrogens (tertiary/aromatic N) is 1. The first-order chi connectivity index (χ1) is 14.2. The molecule has 0 radical (unpaired) electrons. The zero-order chi connectivity index (χ0) is 22.3. The fourth-order valence-corrected chi connectivity index (χ4v) is 6.99. The Morgan fingerprint density at radius 1 is 0.867 bits per heavy atom. The van der Waals surface area contributed by atoms with Crippen molar-refractivity contribution in [1.29, 1.82) is 0 Å². The molecule has 0 aromatic carbocycles. The summed E-state index contributed by atoms with van der Waals surface area (Å²) in [6.07, 6.45) is 16.0. The van der Waals surface area contributed by atoms with E-state index in [1.807, 2.05) is 0 Å². The van der Waals surface area contributed by atoms with Crippen molar-refractivity contribution in [2.75, 3.05) is 13.6 Å². The fourth-order valence-electron chi connectivity index (χ4n) is 6.99. The summed E-state index contributed by atoms with van der Waals surface area (Å²) in [7, 11) is 2.43. The molecule has 0 saturated heterocycles. The monoisotopic (exact) mass is 419 g/mol. The largest absolute Gasteiger partial charge is 0.303 e. The van der Waals surface area contributed by atoms with Crippen molar-refractivity contribution in [2.45, 2.75) is 125 Å². The van der Waals surface area contributed by atoms with Crippen LogP contribution in [0, 0.1) is 47.3 Å². The molecule has 0 aromatic heterocycles. The first-order valence-electron chi connectivity index (χ1n) is 13.9. The molecule has 30 heavy (non-hydrogen) atoms. The van der Waals surface area contributed by atoms with E-state index in [1.165, 1.54) is 77.2 Å². The van der Waals surface area contributed by atoms with Crippen molar-refractivity contribution >= 4 is 0 Å². The molecule has 8 atom stereocenters. The second-order valence-corrected chi connectivity index (χ2v) is 12.3. The molecule has 8 unspecified atom stereocenters. The summed E-state index contributed by atoms with van der Waals surface area (Å²) in [5, 5.41) is 0. The van der Waals surface area contributed by atoms with Crippen LogP contribution in [0.5, 0.6) is 0 Å². The van der Waals surface area contributed by atoms with Crippen molar-refractivity contribution in [2.24, 2.45) is 47.3 Å². The summed E-state index contributed by atoms with van der Waals surface area (Å²) in [6.45, 7) is 18.9.